The first-order chi connectivity index (χ1) is 1.00. The Labute approximate surface area is 55.8 Å². The second kappa shape index (κ2) is 26.6. The Morgan fingerprint density at radius 2 is 1.25 bits per heavy atom. The maximum absolute atomic E-state index is 8.38. The summed E-state index contributed by atoms with van der Waals surface area (Å²) in [4.78, 5) is 0. The molecule has 0 fully saturated rings. The summed E-state index contributed by atoms with van der Waals surface area (Å²) in [5, 5.41) is 0. The molecular formula is H6BInOZn. The van der Waals surface area contributed by atoms with E-state index in [0.29, 0.717) is 0 Å². The van der Waals surface area contributed by atoms with Crippen molar-refractivity contribution in [1.29, 1.82) is 0 Å². The Hall–Kier alpha value is 1.36. The Kier molecular flexibility index (Phi) is 122. The van der Waals surface area contributed by atoms with Crippen LogP contribution in [0.2, 0.25) is 0 Å². The SMILES string of the molecule is B.[InH3].[O]=[Zn]. The van der Waals surface area contributed by atoms with E-state index < -0.39 is 0 Å². The van der Waals surface area contributed by atoms with Crippen molar-refractivity contribution in [2.24, 2.45) is 0 Å². The van der Waals surface area contributed by atoms with E-state index in [2.05, 4.69) is 0 Å². The summed E-state index contributed by atoms with van der Waals surface area (Å²) in [5.74, 6) is 0. The van der Waals surface area contributed by atoms with Gasteiger partial charge in [-0.1, -0.05) is 0 Å². The van der Waals surface area contributed by atoms with Gasteiger partial charge in [0.15, 0.2) is 0 Å². The van der Waals surface area contributed by atoms with Gasteiger partial charge in [0, 0.05) is 0 Å². The van der Waals surface area contributed by atoms with Crippen molar-refractivity contribution < 1.29 is 21.8 Å². The second-order valence-corrected chi connectivity index (χ2v) is 0. The zero-order chi connectivity index (χ0) is 2.00. The van der Waals surface area contributed by atoms with Crippen LogP contribution in [0.15, 0.2) is 0 Å². The molecule has 0 aromatic carbocycles. The van der Waals surface area contributed by atoms with E-state index in [1.54, 1.807) is 0 Å². The molecule has 0 bridgehead atoms. The van der Waals surface area contributed by atoms with Crippen molar-refractivity contribution in [3.63, 3.8) is 0 Å². The molecule has 0 saturated heterocycles. The van der Waals surface area contributed by atoms with Gasteiger partial charge in [-0.25, -0.2) is 0 Å². The van der Waals surface area contributed by atoms with Crippen molar-refractivity contribution in [3.8, 4) is 0 Å². The minimum atomic E-state index is 0. The first-order valence-corrected chi connectivity index (χ1v) is 1.50. The fourth-order valence-electron chi connectivity index (χ4n) is 0. The van der Waals surface area contributed by atoms with Gasteiger partial charge in [-0.05, 0) is 0 Å². The van der Waals surface area contributed by atoms with Crippen LogP contribution in [0.1, 0.15) is 0 Å². The van der Waals surface area contributed by atoms with Crippen LogP contribution in [0.25, 0.3) is 0 Å². The molecule has 0 aliphatic heterocycles. The second-order valence-electron chi connectivity index (χ2n) is 0. The summed E-state index contributed by atoms with van der Waals surface area (Å²) >= 11 is 0.125. The molecule has 0 heterocycles. The molecular weight excluding hydrogens is 207 g/mol. The van der Waals surface area contributed by atoms with Gasteiger partial charge in [-0.3, -0.25) is 0 Å². The maximum atomic E-state index is 8.38. The Morgan fingerprint density at radius 3 is 1.25 bits per heavy atom. The van der Waals surface area contributed by atoms with Crippen LogP contribution < -0.4 is 0 Å². The first kappa shape index (κ1) is 18.3. The Morgan fingerprint density at radius 1 is 1.25 bits per heavy atom. The van der Waals surface area contributed by atoms with Gasteiger partial charge in [-0.15, -0.1) is 0 Å². The molecule has 4 heavy (non-hydrogen) atoms. The predicted octanol–water partition coefficient (Wildman–Crippen LogP) is -2.49. The Bertz CT molecular complexity index is 8.00. The third-order valence-corrected chi connectivity index (χ3v) is 0. The Balaban J connectivity index is -0.00000000500. The zero-order valence-corrected chi connectivity index (χ0v) is 4.08. The summed E-state index contributed by atoms with van der Waals surface area (Å²) in [5.41, 5.74) is 0. The van der Waals surface area contributed by atoms with Crippen molar-refractivity contribution in [1.82, 2.24) is 0 Å². The summed E-state index contributed by atoms with van der Waals surface area (Å²) in [7, 11) is 0. The van der Waals surface area contributed by atoms with Gasteiger partial charge in [0.2, 0.25) is 0 Å². The molecule has 0 aliphatic carbocycles. The van der Waals surface area contributed by atoms with E-state index in [1.165, 1.54) is 0 Å². The minimum absolute atomic E-state index is 0. The van der Waals surface area contributed by atoms with Crippen LogP contribution in [0.5, 0.6) is 0 Å². The van der Waals surface area contributed by atoms with Gasteiger partial charge in [0.05, 0.1) is 8.41 Å². The third kappa shape index (κ3) is 10.1. The van der Waals surface area contributed by atoms with Crippen LogP contribution in [0.4, 0.5) is 0 Å². The average Bonchev–Trinajstić information content (AvgIpc) is 1.00. The van der Waals surface area contributed by atoms with Gasteiger partial charge in [-0.2, -0.15) is 0 Å². The van der Waals surface area contributed by atoms with Crippen LogP contribution in [-0.2, 0) is 21.8 Å². The van der Waals surface area contributed by atoms with Gasteiger partial charge >= 0.3 is 47.7 Å². The monoisotopic (exact) mass is 212 g/mol. The average molecular weight is 213 g/mol. The van der Waals surface area contributed by atoms with E-state index >= 15 is 0 Å². The molecule has 0 rings (SSSR count). The van der Waals surface area contributed by atoms with Gasteiger partial charge in [0.25, 0.3) is 0 Å². The fraction of sp³-hybridized carbons (Fsp3) is 0. The molecule has 0 aromatic rings. The quantitative estimate of drug-likeness (QED) is 0.407. The van der Waals surface area contributed by atoms with E-state index in [4.69, 9.17) is 3.57 Å². The van der Waals surface area contributed by atoms with Crippen LogP contribution in [-0.4, -0.2) is 34.3 Å². The summed E-state index contributed by atoms with van der Waals surface area (Å²) in [6.45, 7) is 0. The van der Waals surface area contributed by atoms with Crippen molar-refractivity contribution >= 4 is 34.3 Å². The molecule has 0 N–H and O–H groups in total. The molecule has 0 amide bonds. The first-order valence-electron chi connectivity index (χ1n) is 0.289. The standard InChI is InChI=1S/BH3.In.O.Zn.3H/h1H3;;;;;;. The van der Waals surface area contributed by atoms with Gasteiger partial charge in [0.1, 0.15) is 0 Å². The van der Waals surface area contributed by atoms with Crippen molar-refractivity contribution in [3.05, 3.63) is 0 Å². The number of rotatable bonds is 0. The van der Waals surface area contributed by atoms with E-state index in [1.807, 2.05) is 0 Å². The number of hydrogen-bond acceptors (Lipinski definition) is 1. The molecule has 4 heteroatoms. The summed E-state index contributed by atoms with van der Waals surface area (Å²) in [6, 6.07) is 0. The van der Waals surface area contributed by atoms with Crippen molar-refractivity contribution in [2.75, 3.05) is 0 Å². The normalized spacial score (nSPS) is 1.50. The zero-order valence-electron chi connectivity index (χ0n) is 1.12. The molecule has 0 aromatic heterocycles. The molecule has 1 nitrogen and oxygen atoms in total. The molecule has 0 radical (unpaired) electrons. The third-order valence-electron chi connectivity index (χ3n) is 0. The molecule has 0 atom stereocenters. The number of hydrogen-bond donors (Lipinski definition) is 0. The summed E-state index contributed by atoms with van der Waals surface area (Å²) in [6.07, 6.45) is 0. The molecule has 0 saturated carbocycles. The van der Waals surface area contributed by atoms with E-state index in [0.717, 1.165) is 0 Å². The van der Waals surface area contributed by atoms with Crippen LogP contribution in [0.3, 0.4) is 0 Å². The molecule has 0 unspecified atom stereocenters. The fourth-order valence-corrected chi connectivity index (χ4v) is 0. The van der Waals surface area contributed by atoms with E-state index in [-0.39, 0.29) is 52.5 Å². The van der Waals surface area contributed by atoms with E-state index in [9.17, 15) is 0 Å². The topological polar surface area (TPSA) is 17.1 Å². The molecule has 0 aliphatic rings. The van der Waals surface area contributed by atoms with Crippen LogP contribution in [0, 0.1) is 0 Å². The predicted molar refractivity (Wildman–Crippen MR) is 20.6 cm³/mol. The molecule has 0 spiro atoms. The molecule has 20 valence electrons. The summed E-state index contributed by atoms with van der Waals surface area (Å²) < 4.78 is 8.38. The van der Waals surface area contributed by atoms with Gasteiger partial charge < -0.3 is 0 Å². The van der Waals surface area contributed by atoms with Crippen molar-refractivity contribution in [2.45, 2.75) is 0 Å². The van der Waals surface area contributed by atoms with Crippen LogP contribution >= 0.6 is 0 Å².